The van der Waals surface area contributed by atoms with Crippen molar-refractivity contribution in [3.8, 4) is 0 Å². The van der Waals surface area contributed by atoms with Crippen molar-refractivity contribution in [3.05, 3.63) is 29.8 Å². The number of hydrogen-bond donors (Lipinski definition) is 0. The summed E-state index contributed by atoms with van der Waals surface area (Å²) in [5.41, 5.74) is 2.09. The molecule has 3 nitrogen and oxygen atoms in total. The van der Waals surface area contributed by atoms with Gasteiger partial charge in [-0.3, -0.25) is 0 Å². The largest absolute Gasteiger partial charge is 0.380 e. The van der Waals surface area contributed by atoms with Crippen molar-refractivity contribution >= 4 is 12.0 Å². The third-order valence-electron chi connectivity index (χ3n) is 3.46. The molecule has 1 aliphatic heterocycles. The Morgan fingerprint density at radius 1 is 1.47 bits per heavy atom. The van der Waals surface area contributed by atoms with Gasteiger partial charge in [0, 0.05) is 25.9 Å². The molecule has 1 unspecified atom stereocenters. The fourth-order valence-corrected chi connectivity index (χ4v) is 2.43. The number of hydrogen-bond acceptors (Lipinski definition) is 3. The van der Waals surface area contributed by atoms with E-state index in [-0.39, 0.29) is 5.41 Å². The van der Waals surface area contributed by atoms with Crippen LogP contribution in [-0.4, -0.2) is 33.1 Å². The molecule has 0 N–H and O–H groups in total. The number of carbonyl (C=O) groups excluding carboxylic acids is 1. The van der Waals surface area contributed by atoms with Crippen LogP contribution in [0.25, 0.3) is 0 Å². The van der Waals surface area contributed by atoms with Gasteiger partial charge in [-0.05, 0) is 25.0 Å². The van der Waals surface area contributed by atoms with Crippen molar-refractivity contribution in [2.45, 2.75) is 13.3 Å². The SMILES string of the molecule is Cc1ccccc1N(C)CC1(C=O)CCOC1. The second-order valence-electron chi connectivity index (χ2n) is 4.93. The van der Waals surface area contributed by atoms with Crippen molar-refractivity contribution in [1.29, 1.82) is 0 Å². The van der Waals surface area contributed by atoms with Crippen molar-refractivity contribution in [1.82, 2.24) is 0 Å². The Balaban J connectivity index is 2.13. The van der Waals surface area contributed by atoms with E-state index >= 15 is 0 Å². The highest BCUT2D eigenvalue weighted by Gasteiger charge is 2.36. The second-order valence-corrected chi connectivity index (χ2v) is 4.93. The van der Waals surface area contributed by atoms with Crippen LogP contribution in [0.15, 0.2) is 24.3 Å². The molecular weight excluding hydrogens is 214 g/mol. The Morgan fingerprint density at radius 3 is 2.82 bits per heavy atom. The third kappa shape index (κ3) is 2.50. The van der Waals surface area contributed by atoms with Gasteiger partial charge in [-0.15, -0.1) is 0 Å². The van der Waals surface area contributed by atoms with Crippen molar-refractivity contribution < 1.29 is 9.53 Å². The van der Waals surface area contributed by atoms with Gasteiger partial charge in [-0.1, -0.05) is 18.2 Å². The molecule has 0 radical (unpaired) electrons. The van der Waals surface area contributed by atoms with Gasteiger partial charge in [0.2, 0.25) is 0 Å². The van der Waals surface area contributed by atoms with E-state index in [1.807, 2.05) is 19.2 Å². The Bertz CT molecular complexity index is 397. The zero-order valence-corrected chi connectivity index (χ0v) is 10.5. The lowest BCUT2D eigenvalue weighted by atomic mass is 9.88. The van der Waals surface area contributed by atoms with Gasteiger partial charge >= 0.3 is 0 Å². The molecule has 1 fully saturated rings. The maximum atomic E-state index is 11.3. The number of aryl methyl sites for hydroxylation is 1. The molecule has 2 rings (SSSR count). The molecule has 92 valence electrons. The average molecular weight is 233 g/mol. The zero-order valence-electron chi connectivity index (χ0n) is 10.5. The summed E-state index contributed by atoms with van der Waals surface area (Å²) in [5, 5.41) is 0. The number of benzene rings is 1. The molecule has 0 aromatic heterocycles. The molecule has 1 aliphatic rings. The molecule has 1 saturated heterocycles. The van der Waals surface area contributed by atoms with Gasteiger partial charge in [-0.25, -0.2) is 0 Å². The van der Waals surface area contributed by atoms with Crippen molar-refractivity contribution in [3.63, 3.8) is 0 Å². The summed E-state index contributed by atoms with van der Waals surface area (Å²) in [7, 11) is 2.03. The Labute approximate surface area is 102 Å². The highest BCUT2D eigenvalue weighted by atomic mass is 16.5. The van der Waals surface area contributed by atoms with Crippen LogP contribution >= 0.6 is 0 Å². The summed E-state index contributed by atoms with van der Waals surface area (Å²) in [4.78, 5) is 13.4. The number of ether oxygens (including phenoxy) is 1. The van der Waals surface area contributed by atoms with Gasteiger partial charge in [0.25, 0.3) is 0 Å². The van der Waals surface area contributed by atoms with Crippen LogP contribution in [0.2, 0.25) is 0 Å². The molecule has 3 heteroatoms. The number of para-hydroxylation sites is 1. The van der Waals surface area contributed by atoms with Crippen molar-refractivity contribution in [2.24, 2.45) is 5.41 Å². The molecule has 1 aromatic carbocycles. The van der Waals surface area contributed by atoms with Crippen LogP contribution < -0.4 is 4.90 Å². The predicted molar refractivity (Wildman–Crippen MR) is 68.4 cm³/mol. The van der Waals surface area contributed by atoms with Gasteiger partial charge in [0.1, 0.15) is 6.29 Å². The normalized spacial score (nSPS) is 23.6. The highest BCUT2D eigenvalue weighted by Crippen LogP contribution is 2.29. The van der Waals surface area contributed by atoms with E-state index in [1.54, 1.807) is 0 Å². The Kier molecular flexibility index (Phi) is 3.48. The maximum Gasteiger partial charge on any atom is 0.130 e. The third-order valence-corrected chi connectivity index (χ3v) is 3.46. The van der Waals surface area contributed by atoms with Crippen LogP contribution in [-0.2, 0) is 9.53 Å². The first-order chi connectivity index (χ1) is 8.17. The molecule has 0 bridgehead atoms. The fourth-order valence-electron chi connectivity index (χ4n) is 2.43. The van der Waals surface area contributed by atoms with E-state index in [0.29, 0.717) is 13.2 Å². The van der Waals surface area contributed by atoms with Gasteiger partial charge in [0.05, 0.1) is 12.0 Å². The van der Waals surface area contributed by atoms with Gasteiger partial charge < -0.3 is 14.4 Å². The number of nitrogens with zero attached hydrogens (tertiary/aromatic N) is 1. The minimum Gasteiger partial charge on any atom is -0.380 e. The molecule has 0 amide bonds. The minimum absolute atomic E-state index is 0.322. The molecule has 1 atom stereocenters. The Hall–Kier alpha value is -1.35. The quantitative estimate of drug-likeness (QED) is 0.745. The summed E-state index contributed by atoms with van der Waals surface area (Å²) in [6.07, 6.45) is 1.89. The first-order valence-corrected chi connectivity index (χ1v) is 5.98. The number of carbonyl (C=O) groups is 1. The Morgan fingerprint density at radius 2 is 2.24 bits per heavy atom. The summed E-state index contributed by atoms with van der Waals surface area (Å²) in [6, 6.07) is 8.23. The summed E-state index contributed by atoms with van der Waals surface area (Å²) >= 11 is 0. The minimum atomic E-state index is -0.322. The topological polar surface area (TPSA) is 29.5 Å². The van der Waals surface area contributed by atoms with Crippen LogP contribution in [0, 0.1) is 12.3 Å². The lowest BCUT2D eigenvalue weighted by molar-refractivity contribution is -0.115. The van der Waals surface area contributed by atoms with E-state index in [9.17, 15) is 4.79 Å². The summed E-state index contributed by atoms with van der Waals surface area (Å²) in [5.74, 6) is 0. The van der Waals surface area contributed by atoms with Crippen LogP contribution in [0.3, 0.4) is 0 Å². The molecule has 0 spiro atoms. The van der Waals surface area contributed by atoms with Crippen molar-refractivity contribution in [2.75, 3.05) is 31.7 Å². The monoisotopic (exact) mass is 233 g/mol. The van der Waals surface area contributed by atoms with E-state index in [1.165, 1.54) is 11.3 Å². The molecule has 17 heavy (non-hydrogen) atoms. The smallest absolute Gasteiger partial charge is 0.130 e. The highest BCUT2D eigenvalue weighted by molar-refractivity contribution is 5.63. The average Bonchev–Trinajstić information content (AvgIpc) is 2.79. The lowest BCUT2D eigenvalue weighted by Crippen LogP contribution is -2.37. The maximum absolute atomic E-state index is 11.3. The summed E-state index contributed by atoms with van der Waals surface area (Å²) in [6.45, 7) is 4.05. The van der Waals surface area contributed by atoms with E-state index in [4.69, 9.17) is 4.74 Å². The second kappa shape index (κ2) is 4.88. The predicted octanol–water partition coefficient (Wildman–Crippen LogP) is 2.04. The number of rotatable bonds is 4. The molecule has 1 aromatic rings. The number of aldehydes is 1. The van der Waals surface area contributed by atoms with Crippen LogP contribution in [0.4, 0.5) is 5.69 Å². The van der Waals surface area contributed by atoms with Crippen LogP contribution in [0.1, 0.15) is 12.0 Å². The molecular formula is C14H19NO2. The van der Waals surface area contributed by atoms with E-state index < -0.39 is 0 Å². The van der Waals surface area contributed by atoms with Crippen LogP contribution in [0.5, 0.6) is 0 Å². The molecule has 0 aliphatic carbocycles. The summed E-state index contributed by atoms with van der Waals surface area (Å²) < 4.78 is 5.36. The standard InChI is InChI=1S/C14H19NO2/c1-12-5-3-4-6-13(12)15(2)9-14(10-16)7-8-17-11-14/h3-6,10H,7-9,11H2,1-2H3. The lowest BCUT2D eigenvalue weighted by Gasteiger charge is -2.29. The van der Waals surface area contributed by atoms with Gasteiger partial charge in [0.15, 0.2) is 0 Å². The molecule has 0 saturated carbocycles. The first kappa shape index (κ1) is 12.1. The fraction of sp³-hybridized carbons (Fsp3) is 0.500. The number of anilines is 1. The first-order valence-electron chi connectivity index (χ1n) is 5.98. The zero-order chi connectivity index (χ0) is 12.3. The van der Waals surface area contributed by atoms with E-state index in [2.05, 4.69) is 24.0 Å². The van der Waals surface area contributed by atoms with E-state index in [0.717, 1.165) is 19.3 Å². The van der Waals surface area contributed by atoms with Gasteiger partial charge in [-0.2, -0.15) is 0 Å². The molecule has 1 heterocycles.